The van der Waals surface area contributed by atoms with E-state index >= 15 is 0 Å². The van der Waals surface area contributed by atoms with E-state index < -0.39 is 42.3 Å². The fourth-order valence-electron chi connectivity index (χ4n) is 4.48. The predicted octanol–water partition coefficient (Wildman–Crippen LogP) is 3.69. The maximum Gasteiger partial charge on any atom is 0.408 e. The van der Waals surface area contributed by atoms with Crippen LogP contribution in [-0.2, 0) is 29.0 Å². The summed E-state index contributed by atoms with van der Waals surface area (Å²) in [5.74, 6) is -0.701. The Labute approximate surface area is 240 Å². The highest BCUT2D eigenvalue weighted by Gasteiger charge is 2.30. The van der Waals surface area contributed by atoms with Crippen LogP contribution < -0.4 is 16.0 Å². The van der Waals surface area contributed by atoms with Crippen LogP contribution >= 0.6 is 0 Å². The fraction of sp³-hybridized carbons (Fsp3) is 0.355. The van der Waals surface area contributed by atoms with E-state index in [9.17, 15) is 24.6 Å². The van der Waals surface area contributed by atoms with Crippen molar-refractivity contribution in [1.29, 1.82) is 0 Å². The van der Waals surface area contributed by atoms with Crippen LogP contribution in [-0.4, -0.2) is 57.5 Å². The minimum atomic E-state index is -1.25. The lowest BCUT2D eigenvalue weighted by molar-refractivity contribution is -0.125. The van der Waals surface area contributed by atoms with E-state index in [1.165, 1.54) is 0 Å². The number of rotatable bonds is 14. The summed E-state index contributed by atoms with van der Waals surface area (Å²) in [6.07, 6.45) is -0.761. The van der Waals surface area contributed by atoms with E-state index in [4.69, 9.17) is 4.74 Å². The van der Waals surface area contributed by atoms with Crippen molar-refractivity contribution in [3.8, 4) is 0 Å². The number of carbonyl (C=O) groups is 3. The van der Waals surface area contributed by atoms with Gasteiger partial charge < -0.3 is 30.9 Å². The Morgan fingerprint density at radius 1 is 0.829 bits per heavy atom. The number of nitrogens with one attached hydrogen (secondary N) is 3. The summed E-state index contributed by atoms with van der Waals surface area (Å²) in [7, 11) is 0. The summed E-state index contributed by atoms with van der Waals surface area (Å²) in [6.45, 7) is 3.56. The molecule has 2 aromatic carbocycles. The Kier molecular flexibility index (Phi) is 12.1. The number of carboxylic acid groups (broad SMARTS) is 1. The number of aliphatic hydroxyl groups is 1. The van der Waals surface area contributed by atoms with Gasteiger partial charge in [-0.25, -0.2) is 9.59 Å². The van der Waals surface area contributed by atoms with Crippen molar-refractivity contribution < 1.29 is 29.3 Å². The molecule has 1 aromatic heterocycles. The maximum absolute atomic E-state index is 13.4. The Morgan fingerprint density at radius 3 is 2.00 bits per heavy atom. The molecule has 0 spiro atoms. The van der Waals surface area contributed by atoms with Crippen molar-refractivity contribution >= 4 is 18.1 Å². The van der Waals surface area contributed by atoms with Crippen molar-refractivity contribution in [2.45, 2.75) is 63.9 Å². The first-order chi connectivity index (χ1) is 19.7. The Balaban J connectivity index is 1.71. The van der Waals surface area contributed by atoms with Crippen LogP contribution in [0.5, 0.6) is 0 Å². The average molecular weight is 563 g/mol. The molecule has 0 aliphatic rings. The van der Waals surface area contributed by atoms with Gasteiger partial charge in [0.25, 0.3) is 0 Å². The molecule has 10 nitrogen and oxygen atoms in total. The normalized spacial score (nSPS) is 13.9. The second-order valence-electron chi connectivity index (χ2n) is 10.2. The predicted molar refractivity (Wildman–Crippen MR) is 154 cm³/mol. The van der Waals surface area contributed by atoms with E-state index in [0.29, 0.717) is 12.1 Å². The molecule has 3 amide bonds. The molecule has 4 unspecified atom stereocenters. The minimum absolute atomic E-state index is 0.0404. The highest BCUT2D eigenvalue weighted by molar-refractivity contribution is 5.86. The number of pyridine rings is 1. The highest BCUT2D eigenvalue weighted by Crippen LogP contribution is 2.15. The maximum atomic E-state index is 13.4. The smallest absolute Gasteiger partial charge is 0.408 e. The van der Waals surface area contributed by atoms with Gasteiger partial charge in [0.1, 0.15) is 12.6 Å². The molecule has 0 saturated carbocycles. The van der Waals surface area contributed by atoms with E-state index in [1.54, 1.807) is 38.2 Å². The van der Waals surface area contributed by atoms with Crippen LogP contribution in [0.3, 0.4) is 0 Å². The molecule has 4 atom stereocenters. The quantitative estimate of drug-likeness (QED) is 0.201. The van der Waals surface area contributed by atoms with Crippen LogP contribution in [0.2, 0.25) is 0 Å². The zero-order valence-corrected chi connectivity index (χ0v) is 23.3. The van der Waals surface area contributed by atoms with Crippen LogP contribution in [0.4, 0.5) is 9.59 Å². The first-order valence-electron chi connectivity index (χ1n) is 13.6. The lowest BCUT2D eigenvalue weighted by atomic mass is 9.93. The number of aliphatic hydroxyl groups excluding tert-OH is 1. The molecule has 0 bridgehead atoms. The van der Waals surface area contributed by atoms with Crippen LogP contribution in [0.15, 0.2) is 85.1 Å². The number of hydrogen-bond acceptors (Lipinski definition) is 6. The second kappa shape index (κ2) is 16.0. The van der Waals surface area contributed by atoms with Gasteiger partial charge in [-0.05, 0) is 48.4 Å². The second-order valence-corrected chi connectivity index (χ2v) is 10.2. The molecule has 0 aliphatic carbocycles. The number of ether oxygens (including phenoxy) is 1. The number of amides is 3. The van der Waals surface area contributed by atoms with Crippen molar-refractivity contribution in [3.05, 3.63) is 102 Å². The molecule has 0 fully saturated rings. The topological polar surface area (TPSA) is 150 Å². The molecule has 0 aliphatic heterocycles. The van der Waals surface area contributed by atoms with Gasteiger partial charge >= 0.3 is 12.2 Å². The molecule has 3 aromatic rings. The van der Waals surface area contributed by atoms with Crippen LogP contribution in [0, 0.1) is 5.92 Å². The van der Waals surface area contributed by atoms with Crippen molar-refractivity contribution in [3.63, 3.8) is 0 Å². The molecule has 3 rings (SSSR count). The third-order valence-corrected chi connectivity index (χ3v) is 6.57. The summed E-state index contributed by atoms with van der Waals surface area (Å²) in [5, 5.41) is 28.6. The molecule has 0 radical (unpaired) electrons. The number of hydrogen-bond donors (Lipinski definition) is 5. The van der Waals surface area contributed by atoms with Crippen molar-refractivity contribution in [1.82, 2.24) is 20.9 Å². The molecule has 1 heterocycles. The summed E-state index contributed by atoms with van der Waals surface area (Å²) in [6, 6.07) is 21.7. The summed E-state index contributed by atoms with van der Waals surface area (Å²) >= 11 is 0. The van der Waals surface area contributed by atoms with Gasteiger partial charge in [-0.2, -0.15) is 0 Å². The zero-order valence-electron chi connectivity index (χ0n) is 23.3. The first-order valence-corrected chi connectivity index (χ1v) is 13.6. The number of nitrogens with zero attached hydrogens (tertiary/aromatic N) is 1. The van der Waals surface area contributed by atoms with E-state index in [-0.39, 0.29) is 25.4 Å². The van der Waals surface area contributed by atoms with Gasteiger partial charge in [0.15, 0.2) is 0 Å². The minimum Gasteiger partial charge on any atom is -0.465 e. The number of benzene rings is 2. The van der Waals surface area contributed by atoms with Crippen molar-refractivity contribution in [2.75, 3.05) is 0 Å². The zero-order chi connectivity index (χ0) is 29.6. The molecule has 0 saturated heterocycles. The fourth-order valence-corrected chi connectivity index (χ4v) is 4.48. The van der Waals surface area contributed by atoms with Gasteiger partial charge in [-0.15, -0.1) is 0 Å². The van der Waals surface area contributed by atoms with Gasteiger partial charge in [0, 0.05) is 12.2 Å². The van der Waals surface area contributed by atoms with E-state index in [1.807, 2.05) is 60.7 Å². The van der Waals surface area contributed by atoms with Gasteiger partial charge in [0.05, 0.1) is 17.8 Å². The summed E-state index contributed by atoms with van der Waals surface area (Å²) < 4.78 is 5.25. The number of carbonyl (C=O) groups excluding carboxylic acids is 2. The summed E-state index contributed by atoms with van der Waals surface area (Å²) in [5.41, 5.74) is 2.37. The van der Waals surface area contributed by atoms with Gasteiger partial charge in [-0.1, -0.05) is 80.6 Å². The lowest BCUT2D eigenvalue weighted by Crippen LogP contribution is -2.54. The molecule has 10 heteroatoms. The molecular weight excluding hydrogens is 524 g/mol. The van der Waals surface area contributed by atoms with Gasteiger partial charge in [0.2, 0.25) is 5.91 Å². The number of aromatic nitrogens is 1. The molecule has 41 heavy (non-hydrogen) atoms. The molecule has 5 N–H and O–H groups in total. The third-order valence-electron chi connectivity index (χ3n) is 6.57. The van der Waals surface area contributed by atoms with E-state index in [0.717, 1.165) is 11.1 Å². The molecular formula is C31H38N4O6. The Morgan fingerprint density at radius 2 is 1.44 bits per heavy atom. The SMILES string of the molecule is CC(C)C(NC(=O)OCc1ccccn1)C(=O)NC(Cc1ccccc1)CC(O)C(Cc1ccccc1)NC(=O)O. The first kappa shape index (κ1) is 31.1. The van der Waals surface area contributed by atoms with Crippen LogP contribution in [0.25, 0.3) is 0 Å². The monoisotopic (exact) mass is 562 g/mol. The average Bonchev–Trinajstić information content (AvgIpc) is 2.95. The standard InChI is InChI=1S/C31H38N4O6/c1-21(2)28(35-31(40)41-20-24-15-9-10-16-32-24)29(37)33-25(17-22-11-5-3-6-12-22)19-27(36)26(34-30(38)39)18-23-13-7-4-8-14-23/h3-16,21,25-28,34,36H,17-20H2,1-2H3,(H,33,37)(H,35,40)(H,38,39). The largest absolute Gasteiger partial charge is 0.465 e. The Hall–Kier alpha value is -4.44. The Bertz CT molecular complexity index is 1230. The van der Waals surface area contributed by atoms with E-state index in [2.05, 4.69) is 20.9 Å². The summed E-state index contributed by atoms with van der Waals surface area (Å²) in [4.78, 5) is 41.6. The van der Waals surface area contributed by atoms with Crippen LogP contribution in [0.1, 0.15) is 37.1 Å². The lowest BCUT2D eigenvalue weighted by Gasteiger charge is -2.29. The third kappa shape index (κ3) is 10.9. The molecule has 218 valence electrons. The van der Waals surface area contributed by atoms with Crippen molar-refractivity contribution in [2.24, 2.45) is 5.92 Å². The van der Waals surface area contributed by atoms with Gasteiger partial charge in [-0.3, -0.25) is 9.78 Å². The number of alkyl carbamates (subject to hydrolysis) is 1. The highest BCUT2D eigenvalue weighted by atomic mass is 16.5.